The Morgan fingerprint density at radius 2 is 1.83 bits per heavy atom. The number of hydrogen-bond acceptors (Lipinski definition) is 4. The number of benzene rings is 1. The van der Waals surface area contributed by atoms with Gasteiger partial charge in [-0.15, -0.1) is 0 Å². The zero-order valence-corrected chi connectivity index (χ0v) is 13.3. The van der Waals surface area contributed by atoms with Gasteiger partial charge in [-0.05, 0) is 31.9 Å². The van der Waals surface area contributed by atoms with E-state index in [1.807, 2.05) is 18.2 Å². The number of furan rings is 1. The van der Waals surface area contributed by atoms with Crippen molar-refractivity contribution in [2.75, 3.05) is 13.1 Å². The van der Waals surface area contributed by atoms with Crippen LogP contribution in [0.15, 0.2) is 34.7 Å². The first kappa shape index (κ1) is 15.6. The molecule has 122 valence electrons. The van der Waals surface area contributed by atoms with Gasteiger partial charge in [-0.3, -0.25) is 4.79 Å². The van der Waals surface area contributed by atoms with Crippen LogP contribution in [0.1, 0.15) is 43.2 Å². The van der Waals surface area contributed by atoms with Gasteiger partial charge in [-0.2, -0.15) is 0 Å². The number of amides is 1. The van der Waals surface area contributed by atoms with Gasteiger partial charge < -0.3 is 14.1 Å². The maximum atomic E-state index is 12.4. The Labute approximate surface area is 135 Å². The molecule has 1 fully saturated rings. The molecule has 1 saturated heterocycles. The van der Waals surface area contributed by atoms with Crippen molar-refractivity contribution in [3.63, 3.8) is 0 Å². The average Bonchev–Trinajstić information content (AvgIpc) is 2.81. The highest BCUT2D eigenvalue weighted by Crippen LogP contribution is 2.20. The zero-order valence-electron chi connectivity index (χ0n) is 13.3. The van der Waals surface area contributed by atoms with Crippen molar-refractivity contribution in [2.24, 2.45) is 0 Å². The molecule has 0 N–H and O–H groups in total. The highest BCUT2D eigenvalue weighted by molar-refractivity contribution is 5.94. The van der Waals surface area contributed by atoms with E-state index in [0.717, 1.165) is 44.2 Å². The lowest BCUT2D eigenvalue weighted by molar-refractivity contribution is -0.139. The van der Waals surface area contributed by atoms with Gasteiger partial charge in [0.15, 0.2) is 6.10 Å². The number of ether oxygens (including phenoxy) is 1. The first-order chi connectivity index (χ1) is 11.1. The largest absolute Gasteiger partial charge is 0.449 e. The number of carbonyl (C=O) groups is 2. The molecule has 0 radical (unpaired) electrons. The van der Waals surface area contributed by atoms with Crippen molar-refractivity contribution >= 4 is 22.8 Å². The molecule has 5 heteroatoms. The van der Waals surface area contributed by atoms with Crippen LogP contribution in [0.3, 0.4) is 0 Å². The van der Waals surface area contributed by atoms with Crippen LogP contribution in [0.25, 0.3) is 11.0 Å². The van der Waals surface area contributed by atoms with Crippen LogP contribution in [0.2, 0.25) is 0 Å². The second kappa shape index (κ2) is 6.86. The van der Waals surface area contributed by atoms with E-state index in [1.54, 1.807) is 24.0 Å². The molecule has 1 aliphatic heterocycles. The lowest BCUT2D eigenvalue weighted by Crippen LogP contribution is -2.40. The molecular formula is C18H21NO4. The molecule has 2 aromatic rings. The molecule has 1 aromatic heterocycles. The summed E-state index contributed by atoms with van der Waals surface area (Å²) in [6, 6.07) is 9.01. The van der Waals surface area contributed by atoms with Crippen LogP contribution < -0.4 is 0 Å². The highest BCUT2D eigenvalue weighted by atomic mass is 16.6. The third-order valence-electron chi connectivity index (χ3n) is 4.18. The summed E-state index contributed by atoms with van der Waals surface area (Å²) < 4.78 is 10.8. The van der Waals surface area contributed by atoms with Crippen molar-refractivity contribution in [2.45, 2.75) is 38.7 Å². The third-order valence-corrected chi connectivity index (χ3v) is 4.18. The van der Waals surface area contributed by atoms with E-state index in [0.29, 0.717) is 5.58 Å². The standard InChI is InChI=1S/C18H21NO4/c1-13(17(20)19-10-6-2-3-7-11-19)22-18(21)16-12-14-8-4-5-9-15(14)23-16/h4-5,8-9,12-13H,2-3,6-7,10-11H2,1H3. The van der Waals surface area contributed by atoms with Gasteiger partial charge in [-0.1, -0.05) is 31.0 Å². The minimum atomic E-state index is -0.797. The van der Waals surface area contributed by atoms with Gasteiger partial charge in [0.25, 0.3) is 5.91 Å². The predicted molar refractivity (Wildman–Crippen MR) is 86.1 cm³/mol. The monoisotopic (exact) mass is 315 g/mol. The molecule has 0 bridgehead atoms. The average molecular weight is 315 g/mol. The highest BCUT2D eigenvalue weighted by Gasteiger charge is 2.26. The molecule has 5 nitrogen and oxygen atoms in total. The number of likely N-dealkylation sites (tertiary alicyclic amines) is 1. The molecular weight excluding hydrogens is 294 g/mol. The summed E-state index contributed by atoms with van der Waals surface area (Å²) in [6.07, 6.45) is 3.52. The second-order valence-electron chi connectivity index (χ2n) is 5.94. The SMILES string of the molecule is CC(OC(=O)c1cc2ccccc2o1)C(=O)N1CCCCCC1. The van der Waals surface area contributed by atoms with E-state index >= 15 is 0 Å². The summed E-state index contributed by atoms with van der Waals surface area (Å²) in [4.78, 5) is 26.4. The summed E-state index contributed by atoms with van der Waals surface area (Å²) in [7, 11) is 0. The molecule has 1 aliphatic rings. The van der Waals surface area contributed by atoms with Gasteiger partial charge in [0.05, 0.1) is 0 Å². The lowest BCUT2D eigenvalue weighted by Gasteiger charge is -2.23. The summed E-state index contributed by atoms with van der Waals surface area (Å²) in [5, 5.41) is 0.839. The van der Waals surface area contributed by atoms with Crippen molar-refractivity contribution in [3.05, 3.63) is 36.1 Å². The summed E-state index contributed by atoms with van der Waals surface area (Å²) >= 11 is 0. The van der Waals surface area contributed by atoms with Crippen LogP contribution in [-0.4, -0.2) is 36.0 Å². The lowest BCUT2D eigenvalue weighted by atomic mass is 10.2. The zero-order chi connectivity index (χ0) is 16.2. The predicted octanol–water partition coefficient (Wildman–Crippen LogP) is 3.38. The van der Waals surface area contributed by atoms with Crippen LogP contribution >= 0.6 is 0 Å². The summed E-state index contributed by atoms with van der Waals surface area (Å²) in [5.41, 5.74) is 0.631. The Balaban J connectivity index is 1.65. The number of fused-ring (bicyclic) bond motifs is 1. The molecule has 23 heavy (non-hydrogen) atoms. The van der Waals surface area contributed by atoms with E-state index in [-0.39, 0.29) is 11.7 Å². The number of para-hydroxylation sites is 1. The van der Waals surface area contributed by atoms with Crippen molar-refractivity contribution in [1.82, 2.24) is 4.90 Å². The summed E-state index contributed by atoms with van der Waals surface area (Å²) in [5.74, 6) is -0.602. The molecule has 2 heterocycles. The van der Waals surface area contributed by atoms with E-state index in [4.69, 9.17) is 9.15 Å². The molecule has 0 aliphatic carbocycles. The smallest absolute Gasteiger partial charge is 0.375 e. The van der Waals surface area contributed by atoms with E-state index < -0.39 is 12.1 Å². The summed E-state index contributed by atoms with van der Waals surface area (Å²) in [6.45, 7) is 3.10. The molecule has 0 saturated carbocycles. The molecule has 1 atom stereocenters. The minimum Gasteiger partial charge on any atom is -0.449 e. The van der Waals surface area contributed by atoms with Crippen LogP contribution in [0, 0.1) is 0 Å². The first-order valence-corrected chi connectivity index (χ1v) is 8.13. The fourth-order valence-corrected chi connectivity index (χ4v) is 2.90. The van der Waals surface area contributed by atoms with Gasteiger partial charge in [0.2, 0.25) is 5.76 Å². The molecule has 0 spiro atoms. The Morgan fingerprint density at radius 1 is 1.13 bits per heavy atom. The van der Waals surface area contributed by atoms with Crippen LogP contribution in [-0.2, 0) is 9.53 Å². The maximum absolute atomic E-state index is 12.4. The minimum absolute atomic E-state index is 0.127. The van der Waals surface area contributed by atoms with Gasteiger partial charge in [-0.25, -0.2) is 4.79 Å². The number of nitrogens with zero attached hydrogens (tertiary/aromatic N) is 1. The molecule has 3 rings (SSSR count). The number of rotatable bonds is 3. The second-order valence-corrected chi connectivity index (χ2v) is 5.94. The van der Waals surface area contributed by atoms with Crippen LogP contribution in [0.5, 0.6) is 0 Å². The topological polar surface area (TPSA) is 59.8 Å². The normalized spacial score (nSPS) is 16.8. The van der Waals surface area contributed by atoms with Gasteiger partial charge in [0, 0.05) is 18.5 Å². The van der Waals surface area contributed by atoms with E-state index in [1.165, 1.54) is 0 Å². The van der Waals surface area contributed by atoms with Crippen molar-refractivity contribution in [3.8, 4) is 0 Å². The molecule has 1 unspecified atom stereocenters. The third kappa shape index (κ3) is 3.55. The quantitative estimate of drug-likeness (QED) is 0.815. The number of esters is 1. The fourth-order valence-electron chi connectivity index (χ4n) is 2.90. The Hall–Kier alpha value is -2.30. The number of hydrogen-bond donors (Lipinski definition) is 0. The molecule has 1 aromatic carbocycles. The van der Waals surface area contributed by atoms with Crippen molar-refractivity contribution < 1.29 is 18.7 Å². The number of carbonyl (C=O) groups excluding carboxylic acids is 2. The van der Waals surface area contributed by atoms with Gasteiger partial charge >= 0.3 is 5.97 Å². The first-order valence-electron chi connectivity index (χ1n) is 8.13. The van der Waals surface area contributed by atoms with Crippen LogP contribution in [0.4, 0.5) is 0 Å². The fraction of sp³-hybridized carbons (Fsp3) is 0.444. The maximum Gasteiger partial charge on any atom is 0.375 e. The Kier molecular flexibility index (Phi) is 4.65. The molecule has 1 amide bonds. The Bertz CT molecular complexity index is 665. The van der Waals surface area contributed by atoms with E-state index in [9.17, 15) is 9.59 Å². The van der Waals surface area contributed by atoms with Crippen molar-refractivity contribution in [1.29, 1.82) is 0 Å². The van der Waals surface area contributed by atoms with Gasteiger partial charge in [0.1, 0.15) is 5.58 Å². The van der Waals surface area contributed by atoms with E-state index in [2.05, 4.69) is 0 Å². The Morgan fingerprint density at radius 3 is 2.52 bits per heavy atom.